The van der Waals surface area contributed by atoms with Gasteiger partial charge in [-0.25, -0.2) is 4.39 Å². The van der Waals surface area contributed by atoms with Crippen molar-refractivity contribution in [3.63, 3.8) is 0 Å². The van der Waals surface area contributed by atoms with Gasteiger partial charge in [0.15, 0.2) is 0 Å². The van der Waals surface area contributed by atoms with E-state index in [1.54, 1.807) is 46.0 Å². The topological polar surface area (TPSA) is 96.2 Å². The number of amides is 2. The summed E-state index contributed by atoms with van der Waals surface area (Å²) >= 11 is 7.17. The number of nitrogens with zero attached hydrogens (tertiary/aromatic N) is 6. The number of benzene rings is 3. The highest BCUT2D eigenvalue weighted by Gasteiger charge is 2.22. The minimum absolute atomic E-state index is 0.136. The molecular weight excluding hydrogens is 529 g/mol. The van der Waals surface area contributed by atoms with Gasteiger partial charge in [0.1, 0.15) is 5.82 Å². The molecule has 4 aromatic rings. The number of nitrogens with one attached hydrogen (secondary N) is 1. The van der Waals surface area contributed by atoms with Gasteiger partial charge in [0.05, 0.1) is 11.4 Å². The Morgan fingerprint density at radius 1 is 0.947 bits per heavy atom. The van der Waals surface area contributed by atoms with Gasteiger partial charge in [0, 0.05) is 48.1 Å². The Balaban J connectivity index is 1.11. The van der Waals surface area contributed by atoms with Gasteiger partial charge < -0.3 is 15.1 Å². The van der Waals surface area contributed by atoms with Crippen molar-refractivity contribution in [3.8, 4) is 5.69 Å². The van der Waals surface area contributed by atoms with Crippen LogP contribution in [-0.2, 0) is 4.79 Å². The number of rotatable bonds is 7. The first-order valence-corrected chi connectivity index (χ1v) is 13.2. The van der Waals surface area contributed by atoms with Crippen molar-refractivity contribution in [2.75, 3.05) is 42.1 Å². The molecule has 0 atom stereocenters. The Hall–Kier alpha value is -3.96. The Morgan fingerprint density at radius 2 is 1.66 bits per heavy atom. The van der Waals surface area contributed by atoms with Crippen molar-refractivity contribution in [1.82, 2.24) is 25.1 Å². The van der Waals surface area contributed by atoms with Gasteiger partial charge in [-0.2, -0.15) is 4.68 Å². The number of hydrogen-bond donors (Lipinski definition) is 1. The number of tetrazole rings is 1. The number of halogens is 2. The Morgan fingerprint density at radius 3 is 2.37 bits per heavy atom. The first-order valence-electron chi connectivity index (χ1n) is 11.8. The number of carbonyl (C=O) groups is 2. The van der Waals surface area contributed by atoms with Gasteiger partial charge >= 0.3 is 0 Å². The third-order valence-electron chi connectivity index (χ3n) is 6.00. The van der Waals surface area contributed by atoms with Crippen LogP contribution in [0.5, 0.6) is 0 Å². The molecule has 0 spiro atoms. The van der Waals surface area contributed by atoms with Crippen molar-refractivity contribution >= 4 is 46.6 Å². The first kappa shape index (κ1) is 25.7. The zero-order valence-corrected chi connectivity index (χ0v) is 21.7. The maximum absolute atomic E-state index is 13.5. The van der Waals surface area contributed by atoms with Crippen LogP contribution in [0.15, 0.2) is 78.0 Å². The number of thioether (sulfide) groups is 1. The Kier molecular flexibility index (Phi) is 7.85. The molecule has 0 aliphatic carbocycles. The van der Waals surface area contributed by atoms with Crippen LogP contribution < -0.4 is 10.2 Å². The van der Waals surface area contributed by atoms with Gasteiger partial charge in [-0.15, -0.1) is 5.10 Å². The van der Waals surface area contributed by atoms with Gasteiger partial charge in [-0.1, -0.05) is 29.4 Å². The average molecular weight is 552 g/mol. The molecule has 1 aliphatic rings. The summed E-state index contributed by atoms with van der Waals surface area (Å²) in [6, 6.07) is 20.4. The van der Waals surface area contributed by atoms with Crippen LogP contribution in [0.25, 0.3) is 5.69 Å². The molecule has 3 aromatic carbocycles. The molecule has 0 unspecified atom stereocenters. The maximum Gasteiger partial charge on any atom is 0.254 e. The van der Waals surface area contributed by atoms with E-state index in [1.807, 2.05) is 24.3 Å². The van der Waals surface area contributed by atoms with Crippen LogP contribution in [-0.4, -0.2) is 68.9 Å². The lowest BCUT2D eigenvalue weighted by atomic mass is 10.1. The number of carbonyl (C=O) groups excluding carboxylic acids is 2. The van der Waals surface area contributed by atoms with Crippen molar-refractivity contribution in [2.45, 2.75) is 5.16 Å². The number of anilines is 2. The molecule has 0 radical (unpaired) electrons. The molecule has 1 aromatic heterocycles. The molecule has 1 N–H and O–H groups in total. The molecule has 194 valence electrons. The van der Waals surface area contributed by atoms with Gasteiger partial charge in [-0.05, 0) is 77.2 Å². The second-order valence-electron chi connectivity index (χ2n) is 8.52. The highest BCUT2D eigenvalue weighted by Crippen LogP contribution is 2.22. The predicted octanol–water partition coefficient (Wildman–Crippen LogP) is 4.15. The maximum atomic E-state index is 13.5. The van der Waals surface area contributed by atoms with Crippen LogP contribution in [0.1, 0.15) is 10.4 Å². The monoisotopic (exact) mass is 551 g/mol. The summed E-state index contributed by atoms with van der Waals surface area (Å²) in [6.45, 7) is 2.40. The molecular formula is C26H23ClFN7O2S. The standard InChI is InChI=1S/C26H23ClFN7O2S/c27-19-4-8-23(9-5-19)35-26(30-31-32-35)38-17-24(36)29-21-6-10-22(11-7-21)33-12-14-34(15-13-33)25(37)18-2-1-3-20(28)16-18/h1-11,16H,12-15,17H2,(H,29,36). The van der Waals surface area contributed by atoms with E-state index in [-0.39, 0.29) is 17.6 Å². The zero-order chi connectivity index (χ0) is 26.5. The highest BCUT2D eigenvalue weighted by molar-refractivity contribution is 7.99. The Labute approximate surface area is 227 Å². The van der Waals surface area contributed by atoms with E-state index in [1.165, 1.54) is 23.9 Å². The lowest BCUT2D eigenvalue weighted by molar-refractivity contribution is -0.113. The van der Waals surface area contributed by atoms with Crippen LogP contribution in [0.4, 0.5) is 15.8 Å². The van der Waals surface area contributed by atoms with E-state index in [0.717, 1.165) is 11.4 Å². The van der Waals surface area contributed by atoms with E-state index in [0.29, 0.717) is 47.6 Å². The number of hydrogen-bond acceptors (Lipinski definition) is 7. The quantitative estimate of drug-likeness (QED) is 0.345. The van der Waals surface area contributed by atoms with Crippen molar-refractivity contribution in [1.29, 1.82) is 0 Å². The Bertz CT molecular complexity index is 1420. The number of aromatic nitrogens is 4. The minimum atomic E-state index is -0.418. The third kappa shape index (κ3) is 6.12. The van der Waals surface area contributed by atoms with Gasteiger partial charge in [-0.3, -0.25) is 9.59 Å². The highest BCUT2D eigenvalue weighted by atomic mass is 35.5. The summed E-state index contributed by atoms with van der Waals surface area (Å²) in [4.78, 5) is 29.1. The number of piperazine rings is 1. The normalized spacial score (nSPS) is 13.4. The van der Waals surface area contributed by atoms with Crippen LogP contribution >= 0.6 is 23.4 Å². The molecule has 0 saturated carbocycles. The zero-order valence-electron chi connectivity index (χ0n) is 20.1. The predicted molar refractivity (Wildman–Crippen MR) is 144 cm³/mol. The van der Waals surface area contributed by atoms with Crippen LogP contribution in [0, 0.1) is 5.82 Å². The summed E-state index contributed by atoms with van der Waals surface area (Å²) in [5.41, 5.74) is 2.78. The second-order valence-corrected chi connectivity index (χ2v) is 9.90. The molecule has 2 heterocycles. The van der Waals surface area contributed by atoms with E-state index in [9.17, 15) is 14.0 Å². The van der Waals surface area contributed by atoms with E-state index in [4.69, 9.17) is 11.6 Å². The second kappa shape index (κ2) is 11.6. The molecule has 1 fully saturated rings. The van der Waals surface area contributed by atoms with E-state index < -0.39 is 5.82 Å². The molecule has 1 aliphatic heterocycles. The van der Waals surface area contributed by atoms with Crippen LogP contribution in [0.3, 0.4) is 0 Å². The fourth-order valence-corrected chi connectivity index (χ4v) is 4.88. The van der Waals surface area contributed by atoms with Crippen molar-refractivity contribution < 1.29 is 14.0 Å². The summed E-state index contributed by atoms with van der Waals surface area (Å²) in [5, 5.41) is 15.7. The smallest absolute Gasteiger partial charge is 0.254 e. The lowest BCUT2D eigenvalue weighted by Gasteiger charge is -2.36. The van der Waals surface area contributed by atoms with Crippen molar-refractivity contribution in [2.24, 2.45) is 0 Å². The summed E-state index contributed by atoms with van der Waals surface area (Å²) in [6.07, 6.45) is 0. The molecule has 5 rings (SSSR count). The first-order chi connectivity index (χ1) is 18.5. The fraction of sp³-hybridized carbons (Fsp3) is 0.192. The largest absolute Gasteiger partial charge is 0.368 e. The van der Waals surface area contributed by atoms with E-state index in [2.05, 4.69) is 25.7 Å². The molecule has 1 saturated heterocycles. The van der Waals surface area contributed by atoms with Gasteiger partial charge in [0.25, 0.3) is 5.91 Å². The van der Waals surface area contributed by atoms with E-state index >= 15 is 0 Å². The molecule has 2 amide bonds. The summed E-state index contributed by atoms with van der Waals surface area (Å²) in [5.74, 6) is -0.629. The molecule has 0 bridgehead atoms. The summed E-state index contributed by atoms with van der Waals surface area (Å²) in [7, 11) is 0. The van der Waals surface area contributed by atoms with Gasteiger partial charge in [0.2, 0.25) is 11.1 Å². The molecule has 38 heavy (non-hydrogen) atoms. The fourth-order valence-electron chi connectivity index (χ4n) is 4.07. The molecule has 12 heteroatoms. The lowest BCUT2D eigenvalue weighted by Crippen LogP contribution is -2.48. The summed E-state index contributed by atoms with van der Waals surface area (Å²) < 4.78 is 15.0. The average Bonchev–Trinajstić information content (AvgIpc) is 3.41. The SMILES string of the molecule is O=C(CSc1nnnn1-c1ccc(Cl)cc1)Nc1ccc(N2CCN(C(=O)c3cccc(F)c3)CC2)cc1. The van der Waals surface area contributed by atoms with Crippen LogP contribution in [0.2, 0.25) is 5.02 Å². The molecule has 9 nitrogen and oxygen atoms in total. The van der Waals surface area contributed by atoms with Crippen molar-refractivity contribution in [3.05, 3.63) is 89.2 Å². The third-order valence-corrected chi connectivity index (χ3v) is 7.17. The minimum Gasteiger partial charge on any atom is -0.368 e.